The first kappa shape index (κ1) is 34.7. The van der Waals surface area contributed by atoms with Gasteiger partial charge in [-0.1, -0.05) is 6.58 Å². The molecule has 0 radical (unpaired) electrons. The number of carbonyl (C=O) groups is 1. The highest BCUT2D eigenvalue weighted by molar-refractivity contribution is 5.87. The molecule has 0 fully saturated rings. The van der Waals surface area contributed by atoms with Gasteiger partial charge in [0.05, 0.1) is 0 Å². The van der Waals surface area contributed by atoms with Crippen molar-refractivity contribution in [3.8, 4) is 0 Å². The van der Waals surface area contributed by atoms with Gasteiger partial charge >= 0.3 is 65.6 Å². The van der Waals surface area contributed by atoms with Gasteiger partial charge in [-0.2, -0.15) is 87.8 Å². The van der Waals surface area contributed by atoms with Crippen molar-refractivity contribution in [3.63, 3.8) is 0 Å². The summed E-state index contributed by atoms with van der Waals surface area (Å²) in [6.45, 7) is 2.19. The fourth-order valence-electron chi connectivity index (χ4n) is 2.05. The zero-order valence-corrected chi connectivity index (χ0v) is 16.5. The lowest BCUT2D eigenvalue weighted by atomic mass is 9.83. The summed E-state index contributed by atoms with van der Waals surface area (Å²) in [4.78, 5) is 11.1. The molecule has 0 aromatic rings. The van der Waals surface area contributed by atoms with Crippen molar-refractivity contribution in [1.29, 1.82) is 0 Å². The Morgan fingerprint density at radius 1 is 0.486 bits per heavy atom. The van der Waals surface area contributed by atoms with E-state index in [-0.39, 0.29) is 6.92 Å². The Hall–Kier alpha value is -2.26. The van der Waals surface area contributed by atoms with Crippen LogP contribution >= 0.6 is 0 Å². The molecular weight excluding hydrogens is 599 g/mol. The van der Waals surface area contributed by atoms with Crippen LogP contribution in [0, 0.1) is 0 Å². The maximum atomic E-state index is 14.5. The van der Waals surface area contributed by atoms with E-state index >= 15 is 0 Å². The van der Waals surface area contributed by atoms with E-state index in [1.54, 1.807) is 0 Å². The van der Waals surface area contributed by atoms with E-state index in [1.807, 2.05) is 0 Å². The molecule has 0 spiro atoms. The van der Waals surface area contributed by atoms with Gasteiger partial charge in [0.15, 0.2) is 0 Å². The van der Waals surface area contributed by atoms with Crippen LogP contribution in [0.1, 0.15) is 6.92 Å². The number of esters is 1. The van der Waals surface area contributed by atoms with Crippen LogP contribution in [0.5, 0.6) is 0 Å². The molecule has 0 aliphatic carbocycles. The molecular formula is C14H5F21O2. The fourth-order valence-corrected chi connectivity index (χ4v) is 2.05. The van der Waals surface area contributed by atoms with E-state index in [0.29, 0.717) is 0 Å². The topological polar surface area (TPSA) is 26.3 Å². The van der Waals surface area contributed by atoms with E-state index in [4.69, 9.17) is 0 Å². The molecule has 220 valence electrons. The standard InChI is InChI=1S/C14H5F21O2/c1-3(2)4(36)37-11(26,9(22,23)10(24,25)14(33,34)35)8(20,21)7(18,19)6(16,17)5(15,12(27,28)29)13(30,31)32/h1H2,2H3. The molecule has 0 rings (SSSR count). The van der Waals surface area contributed by atoms with Crippen LogP contribution in [0.2, 0.25) is 0 Å². The predicted molar refractivity (Wildman–Crippen MR) is 71.5 cm³/mol. The number of rotatable bonds is 8. The van der Waals surface area contributed by atoms with Gasteiger partial charge in [0.1, 0.15) is 0 Å². The number of ether oxygens (including phenoxy) is 1. The van der Waals surface area contributed by atoms with Crippen molar-refractivity contribution in [1.82, 2.24) is 0 Å². The molecule has 0 aliphatic heterocycles. The van der Waals surface area contributed by atoms with Crippen LogP contribution in [0.4, 0.5) is 92.2 Å². The average molecular weight is 604 g/mol. The number of hydrogen-bond acceptors (Lipinski definition) is 2. The molecule has 0 bridgehead atoms. The van der Waals surface area contributed by atoms with Crippen LogP contribution in [0.25, 0.3) is 0 Å². The molecule has 2 nitrogen and oxygen atoms in total. The Morgan fingerprint density at radius 2 is 0.784 bits per heavy atom. The number of hydrogen-bond donors (Lipinski definition) is 0. The first-order chi connectivity index (χ1) is 15.6. The zero-order chi connectivity index (χ0) is 30.9. The van der Waals surface area contributed by atoms with Gasteiger partial charge in [-0.3, -0.25) is 0 Å². The van der Waals surface area contributed by atoms with Gasteiger partial charge < -0.3 is 4.74 Å². The molecule has 1 unspecified atom stereocenters. The summed E-state index contributed by atoms with van der Waals surface area (Å²) < 4.78 is 279. The molecule has 37 heavy (non-hydrogen) atoms. The lowest BCUT2D eigenvalue weighted by Gasteiger charge is -2.46. The lowest BCUT2D eigenvalue weighted by Crippen LogP contribution is -2.80. The average Bonchev–Trinajstić information content (AvgIpc) is 2.63. The number of alkyl halides is 21. The molecule has 0 aromatic heterocycles. The maximum Gasteiger partial charge on any atom is 0.460 e. The quantitative estimate of drug-likeness (QED) is 0.165. The van der Waals surface area contributed by atoms with Crippen molar-refractivity contribution in [2.24, 2.45) is 0 Å². The van der Waals surface area contributed by atoms with E-state index in [1.165, 1.54) is 0 Å². The van der Waals surface area contributed by atoms with Crippen molar-refractivity contribution < 1.29 is 102 Å². The summed E-state index contributed by atoms with van der Waals surface area (Å²) in [7, 11) is 0. The monoisotopic (exact) mass is 604 g/mol. The molecule has 0 heterocycles. The van der Waals surface area contributed by atoms with Crippen molar-refractivity contribution in [3.05, 3.63) is 12.2 Å². The van der Waals surface area contributed by atoms with Crippen LogP contribution in [0.15, 0.2) is 12.2 Å². The molecule has 23 heteroatoms. The van der Waals surface area contributed by atoms with Crippen LogP contribution < -0.4 is 0 Å². The van der Waals surface area contributed by atoms with Gasteiger partial charge in [0.2, 0.25) is 0 Å². The Kier molecular flexibility index (Phi) is 8.10. The lowest BCUT2D eigenvalue weighted by molar-refractivity contribution is -0.490. The summed E-state index contributed by atoms with van der Waals surface area (Å²) >= 11 is 0. The summed E-state index contributed by atoms with van der Waals surface area (Å²) in [5.41, 5.74) is -10.8. The highest BCUT2D eigenvalue weighted by atomic mass is 19.4. The van der Waals surface area contributed by atoms with Crippen molar-refractivity contribution >= 4 is 5.97 Å². The van der Waals surface area contributed by atoms with Gasteiger partial charge in [-0.05, 0) is 6.92 Å². The third-order valence-corrected chi connectivity index (χ3v) is 4.14. The molecule has 0 saturated heterocycles. The van der Waals surface area contributed by atoms with E-state index in [9.17, 15) is 97.0 Å². The van der Waals surface area contributed by atoms with Gasteiger partial charge in [0, 0.05) is 5.57 Å². The zero-order valence-electron chi connectivity index (χ0n) is 16.5. The fraction of sp³-hybridized carbons (Fsp3) is 0.786. The molecule has 0 aromatic carbocycles. The third kappa shape index (κ3) is 4.42. The molecule has 0 N–H and O–H groups in total. The second kappa shape index (κ2) is 8.63. The minimum Gasteiger partial charge on any atom is -0.413 e. The van der Waals surface area contributed by atoms with Gasteiger partial charge in [0.25, 0.3) is 0 Å². The second-order valence-electron chi connectivity index (χ2n) is 6.79. The SMILES string of the molecule is C=C(C)C(=O)OC(F)(C(F)(F)C(F)(F)C(F)(F)F)C(F)(F)C(F)(F)C(F)(F)C(F)(C(F)(F)F)C(F)(F)F. The molecule has 1 atom stereocenters. The van der Waals surface area contributed by atoms with Crippen LogP contribution in [-0.2, 0) is 9.53 Å². The number of carbonyl (C=O) groups excluding carboxylic acids is 1. The van der Waals surface area contributed by atoms with E-state index in [0.717, 1.165) is 0 Å². The predicted octanol–water partition coefficient (Wildman–Crippen LogP) is 7.34. The molecule has 0 amide bonds. The first-order valence-corrected chi connectivity index (χ1v) is 7.93. The Balaban J connectivity index is 7.81. The summed E-state index contributed by atoms with van der Waals surface area (Å²) in [6, 6.07) is 0. The molecule has 0 aliphatic rings. The van der Waals surface area contributed by atoms with Gasteiger partial charge in [-0.15, -0.1) is 0 Å². The maximum absolute atomic E-state index is 14.5. The summed E-state index contributed by atoms with van der Waals surface area (Å²) in [5.74, 6) is -57.0. The van der Waals surface area contributed by atoms with Gasteiger partial charge in [-0.25, -0.2) is 9.18 Å². The van der Waals surface area contributed by atoms with E-state index < -0.39 is 71.2 Å². The Bertz CT molecular complexity index is 876. The smallest absolute Gasteiger partial charge is 0.413 e. The minimum atomic E-state index is -9.30. The van der Waals surface area contributed by atoms with Crippen LogP contribution in [0.3, 0.4) is 0 Å². The summed E-state index contributed by atoms with van der Waals surface area (Å²) in [6.07, 6.45) is -25.0. The third-order valence-electron chi connectivity index (χ3n) is 4.14. The highest BCUT2D eigenvalue weighted by Gasteiger charge is 3.00. The normalized spacial score (nSPS) is 17.4. The Labute approximate surface area is 188 Å². The van der Waals surface area contributed by atoms with Crippen LogP contribution in [-0.4, -0.2) is 65.6 Å². The number of halogens is 21. The minimum absolute atomic E-state index is 0.00637. The summed E-state index contributed by atoms with van der Waals surface area (Å²) in [5, 5.41) is 0. The van der Waals surface area contributed by atoms with E-state index in [2.05, 4.69) is 11.3 Å². The molecule has 0 saturated carbocycles. The Morgan fingerprint density at radius 3 is 1.03 bits per heavy atom. The highest BCUT2D eigenvalue weighted by Crippen LogP contribution is 2.67. The largest absolute Gasteiger partial charge is 0.460 e. The first-order valence-electron chi connectivity index (χ1n) is 7.93. The second-order valence-corrected chi connectivity index (χ2v) is 6.79. The van der Waals surface area contributed by atoms with Crippen molar-refractivity contribution in [2.75, 3.05) is 0 Å². The van der Waals surface area contributed by atoms with Crippen molar-refractivity contribution in [2.45, 2.75) is 66.6 Å².